The van der Waals surface area contributed by atoms with Crippen LogP contribution >= 0.6 is 0 Å². The SMILES string of the molecule is CC(=O)N1Cc2ccccc2C[C@H]1C(=O)NCc1cccnc1-n1cccn1. The lowest BCUT2D eigenvalue weighted by Gasteiger charge is -2.35. The average molecular weight is 375 g/mol. The highest BCUT2D eigenvalue weighted by molar-refractivity contribution is 5.87. The minimum atomic E-state index is -0.516. The Morgan fingerprint density at radius 2 is 1.93 bits per heavy atom. The molecule has 28 heavy (non-hydrogen) atoms. The van der Waals surface area contributed by atoms with Crippen LogP contribution in [-0.4, -0.2) is 37.5 Å². The molecule has 0 radical (unpaired) electrons. The molecule has 0 spiro atoms. The lowest BCUT2D eigenvalue weighted by molar-refractivity contribution is -0.140. The molecule has 1 aromatic carbocycles. The highest BCUT2D eigenvalue weighted by Gasteiger charge is 2.32. The van der Waals surface area contributed by atoms with Gasteiger partial charge >= 0.3 is 0 Å². The Bertz CT molecular complexity index is 1000. The summed E-state index contributed by atoms with van der Waals surface area (Å²) in [7, 11) is 0. The summed E-state index contributed by atoms with van der Waals surface area (Å²) in [5, 5.41) is 7.19. The van der Waals surface area contributed by atoms with Gasteiger partial charge in [-0.15, -0.1) is 0 Å². The van der Waals surface area contributed by atoms with Gasteiger partial charge in [0, 0.05) is 50.6 Å². The first-order valence-corrected chi connectivity index (χ1v) is 9.19. The third-order valence-electron chi connectivity index (χ3n) is 5.00. The number of hydrogen-bond donors (Lipinski definition) is 1. The normalized spacial score (nSPS) is 15.8. The first kappa shape index (κ1) is 17.9. The molecule has 0 saturated heterocycles. The largest absolute Gasteiger partial charge is 0.350 e. The predicted octanol–water partition coefficient (Wildman–Crippen LogP) is 1.86. The fourth-order valence-corrected chi connectivity index (χ4v) is 3.56. The maximum absolute atomic E-state index is 12.9. The summed E-state index contributed by atoms with van der Waals surface area (Å²) < 4.78 is 1.67. The monoisotopic (exact) mass is 375 g/mol. The fourth-order valence-electron chi connectivity index (χ4n) is 3.56. The maximum atomic E-state index is 12.9. The summed E-state index contributed by atoms with van der Waals surface area (Å²) >= 11 is 0. The van der Waals surface area contributed by atoms with Crippen LogP contribution in [0.3, 0.4) is 0 Å². The predicted molar refractivity (Wildman–Crippen MR) is 103 cm³/mol. The molecule has 2 aromatic heterocycles. The number of carbonyl (C=O) groups excluding carboxylic acids is 2. The van der Waals surface area contributed by atoms with E-state index in [1.165, 1.54) is 6.92 Å². The molecule has 1 aliphatic rings. The van der Waals surface area contributed by atoms with E-state index in [1.807, 2.05) is 48.7 Å². The second kappa shape index (κ2) is 7.64. The van der Waals surface area contributed by atoms with Crippen molar-refractivity contribution in [2.45, 2.75) is 32.5 Å². The van der Waals surface area contributed by atoms with Crippen molar-refractivity contribution in [2.75, 3.05) is 0 Å². The van der Waals surface area contributed by atoms with Crippen molar-refractivity contribution in [3.8, 4) is 5.82 Å². The van der Waals surface area contributed by atoms with Crippen LogP contribution in [0.1, 0.15) is 23.6 Å². The maximum Gasteiger partial charge on any atom is 0.243 e. The van der Waals surface area contributed by atoms with Gasteiger partial charge in [-0.25, -0.2) is 9.67 Å². The second-order valence-electron chi connectivity index (χ2n) is 6.79. The quantitative estimate of drug-likeness (QED) is 0.755. The van der Waals surface area contributed by atoms with Crippen LogP contribution in [0.4, 0.5) is 0 Å². The molecule has 3 aromatic rings. The van der Waals surface area contributed by atoms with Crippen molar-refractivity contribution in [1.82, 2.24) is 25.0 Å². The van der Waals surface area contributed by atoms with Gasteiger partial charge < -0.3 is 10.2 Å². The summed E-state index contributed by atoms with van der Waals surface area (Å²) in [6.45, 7) is 2.27. The molecule has 0 saturated carbocycles. The zero-order valence-electron chi connectivity index (χ0n) is 15.6. The summed E-state index contributed by atoms with van der Waals surface area (Å²) in [6.07, 6.45) is 5.70. The number of nitrogens with zero attached hydrogens (tertiary/aromatic N) is 4. The fraction of sp³-hybridized carbons (Fsp3) is 0.238. The molecule has 0 bridgehead atoms. The van der Waals surface area contributed by atoms with Crippen molar-refractivity contribution in [3.05, 3.63) is 77.7 Å². The first-order chi connectivity index (χ1) is 13.6. The number of carbonyl (C=O) groups is 2. The number of benzene rings is 1. The van der Waals surface area contributed by atoms with Crippen LogP contribution < -0.4 is 5.32 Å². The van der Waals surface area contributed by atoms with Crippen LogP contribution in [0, 0.1) is 0 Å². The summed E-state index contributed by atoms with van der Waals surface area (Å²) in [4.78, 5) is 31.1. The second-order valence-corrected chi connectivity index (χ2v) is 6.79. The Hall–Kier alpha value is -3.48. The molecular weight excluding hydrogens is 354 g/mol. The zero-order valence-corrected chi connectivity index (χ0v) is 15.6. The molecule has 1 atom stereocenters. The molecule has 7 heteroatoms. The highest BCUT2D eigenvalue weighted by Crippen LogP contribution is 2.23. The van der Waals surface area contributed by atoms with Gasteiger partial charge in [-0.1, -0.05) is 30.3 Å². The van der Waals surface area contributed by atoms with Gasteiger partial charge in [0.15, 0.2) is 5.82 Å². The molecule has 0 unspecified atom stereocenters. The van der Waals surface area contributed by atoms with E-state index in [2.05, 4.69) is 15.4 Å². The molecule has 4 rings (SSSR count). The molecule has 0 aliphatic carbocycles. The number of fused-ring (bicyclic) bond motifs is 1. The number of nitrogens with one attached hydrogen (secondary N) is 1. The van der Waals surface area contributed by atoms with Crippen LogP contribution in [0.15, 0.2) is 61.1 Å². The van der Waals surface area contributed by atoms with E-state index in [1.54, 1.807) is 22.0 Å². The highest BCUT2D eigenvalue weighted by atomic mass is 16.2. The van der Waals surface area contributed by atoms with Gasteiger partial charge in [-0.3, -0.25) is 9.59 Å². The Morgan fingerprint density at radius 3 is 2.68 bits per heavy atom. The topological polar surface area (TPSA) is 80.1 Å². The minimum absolute atomic E-state index is 0.103. The van der Waals surface area contributed by atoms with Crippen molar-refractivity contribution in [3.63, 3.8) is 0 Å². The summed E-state index contributed by atoms with van der Waals surface area (Å²) in [5.41, 5.74) is 3.05. The number of rotatable bonds is 4. The van der Waals surface area contributed by atoms with Crippen LogP contribution in [0.5, 0.6) is 0 Å². The zero-order chi connectivity index (χ0) is 19.5. The smallest absolute Gasteiger partial charge is 0.243 e. The molecule has 1 aliphatic heterocycles. The standard InChI is InChI=1S/C21H21N5O2/c1-15(27)25-14-18-7-3-2-6-16(18)12-19(25)21(28)23-13-17-8-4-9-22-20(17)26-11-5-10-24-26/h2-11,19H,12-14H2,1H3,(H,23,28)/t19-/m0/s1. The van der Waals surface area contributed by atoms with Crippen LogP contribution in [0.2, 0.25) is 0 Å². The van der Waals surface area contributed by atoms with Crippen LogP contribution in [0.25, 0.3) is 5.82 Å². The third-order valence-corrected chi connectivity index (χ3v) is 5.00. The Kier molecular flexibility index (Phi) is 4.89. The first-order valence-electron chi connectivity index (χ1n) is 9.19. The Morgan fingerprint density at radius 1 is 1.11 bits per heavy atom. The number of aromatic nitrogens is 3. The molecule has 7 nitrogen and oxygen atoms in total. The molecule has 3 heterocycles. The Labute approximate surface area is 163 Å². The van der Waals surface area contributed by atoms with E-state index in [9.17, 15) is 9.59 Å². The van der Waals surface area contributed by atoms with E-state index in [4.69, 9.17) is 0 Å². The van der Waals surface area contributed by atoms with E-state index < -0.39 is 6.04 Å². The van der Waals surface area contributed by atoms with Crippen molar-refractivity contribution in [2.24, 2.45) is 0 Å². The Balaban J connectivity index is 1.52. The summed E-state index contributed by atoms with van der Waals surface area (Å²) in [5.74, 6) is 0.401. The van der Waals surface area contributed by atoms with Gasteiger partial charge in [-0.2, -0.15) is 5.10 Å². The van der Waals surface area contributed by atoms with E-state index in [0.717, 1.165) is 16.7 Å². The van der Waals surface area contributed by atoms with Gasteiger partial charge in [0.25, 0.3) is 0 Å². The lowest BCUT2D eigenvalue weighted by Crippen LogP contribution is -2.51. The van der Waals surface area contributed by atoms with Crippen molar-refractivity contribution < 1.29 is 9.59 Å². The molecule has 1 N–H and O–H groups in total. The van der Waals surface area contributed by atoms with Crippen molar-refractivity contribution >= 4 is 11.8 Å². The van der Waals surface area contributed by atoms with E-state index in [-0.39, 0.29) is 11.8 Å². The number of hydrogen-bond acceptors (Lipinski definition) is 4. The van der Waals surface area contributed by atoms with Crippen LogP contribution in [-0.2, 0) is 29.1 Å². The van der Waals surface area contributed by atoms with Gasteiger partial charge in [0.05, 0.1) is 0 Å². The molecule has 2 amide bonds. The number of pyridine rings is 1. The summed E-state index contributed by atoms with van der Waals surface area (Å²) in [6, 6.07) is 13.0. The van der Waals surface area contributed by atoms with Gasteiger partial charge in [0.1, 0.15) is 6.04 Å². The average Bonchev–Trinajstić information content (AvgIpc) is 3.26. The third kappa shape index (κ3) is 3.51. The van der Waals surface area contributed by atoms with E-state index in [0.29, 0.717) is 25.3 Å². The lowest BCUT2D eigenvalue weighted by atomic mass is 9.93. The molecule has 142 valence electrons. The van der Waals surface area contributed by atoms with Gasteiger partial charge in [-0.05, 0) is 23.3 Å². The number of amides is 2. The van der Waals surface area contributed by atoms with Gasteiger partial charge in [0.2, 0.25) is 11.8 Å². The van der Waals surface area contributed by atoms with Crippen molar-refractivity contribution in [1.29, 1.82) is 0 Å². The minimum Gasteiger partial charge on any atom is -0.350 e. The molecule has 0 fully saturated rings. The molecular formula is C21H21N5O2. The van der Waals surface area contributed by atoms with E-state index >= 15 is 0 Å².